The van der Waals surface area contributed by atoms with Crippen LogP contribution < -0.4 is 0 Å². The van der Waals surface area contributed by atoms with Gasteiger partial charge in [0.15, 0.2) is 0 Å². The van der Waals surface area contributed by atoms with Gasteiger partial charge in [-0.05, 0) is 51.4 Å². The summed E-state index contributed by atoms with van der Waals surface area (Å²) in [6.07, 6.45) is 13.4. The van der Waals surface area contributed by atoms with Crippen LogP contribution in [0.3, 0.4) is 0 Å². The molecule has 0 bridgehead atoms. The summed E-state index contributed by atoms with van der Waals surface area (Å²) in [4.78, 5) is 22.6. The van der Waals surface area contributed by atoms with Crippen molar-refractivity contribution in [1.82, 2.24) is 0 Å². The molecule has 0 radical (unpaired) electrons. The summed E-state index contributed by atoms with van der Waals surface area (Å²) in [6, 6.07) is 0. The van der Waals surface area contributed by atoms with Crippen LogP contribution in [0.5, 0.6) is 0 Å². The minimum Gasteiger partial charge on any atom is -0.481 e. The van der Waals surface area contributed by atoms with E-state index in [4.69, 9.17) is 9.84 Å². The first-order valence-electron chi connectivity index (χ1n) is 11.8. The minimum atomic E-state index is -3.13. The normalized spacial score (nSPS) is 13.7. The van der Waals surface area contributed by atoms with Gasteiger partial charge < -0.3 is 9.84 Å². The van der Waals surface area contributed by atoms with Crippen LogP contribution in [0, 0.1) is 0 Å². The Hall–Kier alpha value is -1.11. The van der Waals surface area contributed by atoms with Crippen LogP contribution in [-0.2, 0) is 24.2 Å². The van der Waals surface area contributed by atoms with E-state index in [1.54, 1.807) is 0 Å². The molecule has 0 spiro atoms. The molecule has 178 valence electrons. The largest absolute Gasteiger partial charge is 0.481 e. The van der Waals surface area contributed by atoms with Gasteiger partial charge in [0.05, 0.1) is 5.25 Å². The van der Waals surface area contributed by atoms with Crippen molar-refractivity contribution in [3.05, 3.63) is 0 Å². The van der Waals surface area contributed by atoms with Gasteiger partial charge in [0, 0.05) is 19.1 Å². The number of esters is 1. The standard InChI is InChI=1S/C23H44O6S/c1-4-6-10-14-20(29-23(26)19-7-5-2)15-13-17-21(30(3,27)28)16-11-8-9-12-18-22(24)25/h20-21H,4-19H2,1-3H3,(H,24,25). The van der Waals surface area contributed by atoms with Gasteiger partial charge in [-0.3, -0.25) is 9.59 Å². The monoisotopic (exact) mass is 448 g/mol. The number of ether oxygens (including phenoxy) is 1. The zero-order valence-corrected chi connectivity index (χ0v) is 20.2. The first-order valence-corrected chi connectivity index (χ1v) is 13.8. The Morgan fingerprint density at radius 2 is 1.33 bits per heavy atom. The van der Waals surface area contributed by atoms with Crippen molar-refractivity contribution in [1.29, 1.82) is 0 Å². The maximum atomic E-state index is 12.2. The molecule has 0 fully saturated rings. The zero-order chi connectivity index (χ0) is 22.8. The minimum absolute atomic E-state index is 0.114. The summed E-state index contributed by atoms with van der Waals surface area (Å²) in [7, 11) is -3.13. The van der Waals surface area contributed by atoms with Crippen LogP contribution in [0.1, 0.15) is 117 Å². The van der Waals surface area contributed by atoms with E-state index < -0.39 is 15.8 Å². The van der Waals surface area contributed by atoms with Crippen LogP contribution in [0.2, 0.25) is 0 Å². The molecule has 2 atom stereocenters. The van der Waals surface area contributed by atoms with Gasteiger partial charge in [0.25, 0.3) is 0 Å². The average Bonchev–Trinajstić information content (AvgIpc) is 2.66. The molecule has 0 saturated heterocycles. The van der Waals surface area contributed by atoms with Crippen LogP contribution >= 0.6 is 0 Å². The predicted molar refractivity (Wildman–Crippen MR) is 121 cm³/mol. The molecule has 2 unspecified atom stereocenters. The van der Waals surface area contributed by atoms with Crippen molar-refractivity contribution in [2.24, 2.45) is 0 Å². The molecular formula is C23H44O6S. The van der Waals surface area contributed by atoms with Gasteiger partial charge in [-0.15, -0.1) is 0 Å². The lowest BCUT2D eigenvalue weighted by Crippen LogP contribution is -2.22. The van der Waals surface area contributed by atoms with E-state index in [9.17, 15) is 18.0 Å². The van der Waals surface area contributed by atoms with E-state index in [0.29, 0.717) is 32.1 Å². The van der Waals surface area contributed by atoms with Gasteiger partial charge in [-0.2, -0.15) is 0 Å². The highest BCUT2D eigenvalue weighted by Gasteiger charge is 2.21. The van der Waals surface area contributed by atoms with Gasteiger partial charge in [0.2, 0.25) is 0 Å². The Kier molecular flexibility index (Phi) is 16.9. The highest BCUT2D eigenvalue weighted by atomic mass is 32.2. The van der Waals surface area contributed by atoms with Crippen LogP contribution in [-0.4, -0.2) is 43.1 Å². The Bertz CT molecular complexity index is 558. The number of hydrogen-bond acceptors (Lipinski definition) is 5. The molecule has 0 aliphatic rings. The summed E-state index contributed by atoms with van der Waals surface area (Å²) in [5, 5.41) is 8.29. The molecule has 0 amide bonds. The Morgan fingerprint density at radius 3 is 1.93 bits per heavy atom. The van der Waals surface area contributed by atoms with E-state index in [1.807, 2.05) is 6.92 Å². The molecule has 0 saturated carbocycles. The third-order valence-corrected chi connectivity index (χ3v) is 7.17. The molecule has 0 aliphatic heterocycles. The van der Waals surface area contributed by atoms with Gasteiger partial charge >= 0.3 is 11.9 Å². The highest BCUT2D eigenvalue weighted by Crippen LogP contribution is 2.21. The number of unbranched alkanes of at least 4 members (excludes halogenated alkanes) is 6. The lowest BCUT2D eigenvalue weighted by molar-refractivity contribution is -0.150. The maximum Gasteiger partial charge on any atom is 0.306 e. The molecule has 30 heavy (non-hydrogen) atoms. The van der Waals surface area contributed by atoms with Crippen molar-refractivity contribution in [3.8, 4) is 0 Å². The van der Waals surface area contributed by atoms with Crippen molar-refractivity contribution in [3.63, 3.8) is 0 Å². The van der Waals surface area contributed by atoms with Crippen molar-refractivity contribution in [2.75, 3.05) is 6.26 Å². The summed E-state index contributed by atoms with van der Waals surface area (Å²) < 4.78 is 30.0. The zero-order valence-electron chi connectivity index (χ0n) is 19.4. The number of carbonyl (C=O) groups excluding carboxylic acids is 1. The van der Waals surface area contributed by atoms with Gasteiger partial charge in [-0.25, -0.2) is 8.42 Å². The number of carbonyl (C=O) groups is 2. The van der Waals surface area contributed by atoms with Crippen LogP contribution in [0.25, 0.3) is 0 Å². The number of hydrogen-bond donors (Lipinski definition) is 1. The first-order chi connectivity index (χ1) is 14.2. The maximum absolute atomic E-state index is 12.2. The van der Waals surface area contributed by atoms with E-state index in [2.05, 4.69) is 6.92 Å². The third-order valence-electron chi connectivity index (χ3n) is 5.49. The van der Waals surface area contributed by atoms with E-state index >= 15 is 0 Å². The summed E-state index contributed by atoms with van der Waals surface area (Å²) in [5.74, 6) is -0.924. The molecule has 0 aliphatic carbocycles. The molecule has 0 rings (SSSR count). The fraction of sp³-hybridized carbons (Fsp3) is 0.913. The smallest absolute Gasteiger partial charge is 0.306 e. The fourth-order valence-corrected chi connectivity index (χ4v) is 4.79. The SMILES string of the molecule is CCCCCC(CCCC(CCCCCCC(=O)O)S(C)(=O)=O)OC(=O)CCCC. The lowest BCUT2D eigenvalue weighted by Gasteiger charge is -2.20. The second kappa shape index (κ2) is 17.6. The number of carboxylic acid groups (broad SMARTS) is 1. The Morgan fingerprint density at radius 1 is 0.767 bits per heavy atom. The lowest BCUT2D eigenvalue weighted by atomic mass is 10.0. The molecule has 0 aromatic heterocycles. The van der Waals surface area contributed by atoms with Crippen molar-refractivity contribution >= 4 is 21.8 Å². The predicted octanol–water partition coefficient (Wildman–Crippen LogP) is 5.68. The van der Waals surface area contributed by atoms with E-state index in [0.717, 1.165) is 64.2 Å². The summed E-state index contributed by atoms with van der Waals surface area (Å²) >= 11 is 0. The second-order valence-corrected chi connectivity index (χ2v) is 10.8. The number of rotatable bonds is 20. The number of sulfone groups is 1. The van der Waals surface area contributed by atoms with Crippen molar-refractivity contribution in [2.45, 2.75) is 128 Å². The topological polar surface area (TPSA) is 97.7 Å². The number of carboxylic acids is 1. The van der Waals surface area contributed by atoms with Crippen molar-refractivity contribution < 1.29 is 27.9 Å². The van der Waals surface area contributed by atoms with Gasteiger partial charge in [0.1, 0.15) is 15.9 Å². The molecule has 0 heterocycles. The fourth-order valence-electron chi connectivity index (χ4n) is 3.60. The van der Waals surface area contributed by atoms with E-state index in [1.165, 1.54) is 6.26 Å². The van der Waals surface area contributed by atoms with Crippen LogP contribution in [0.15, 0.2) is 0 Å². The molecule has 0 aromatic carbocycles. The van der Waals surface area contributed by atoms with Crippen LogP contribution in [0.4, 0.5) is 0 Å². The first kappa shape index (κ1) is 28.9. The molecule has 7 heteroatoms. The Balaban J connectivity index is 4.46. The quantitative estimate of drug-likeness (QED) is 0.190. The van der Waals surface area contributed by atoms with E-state index in [-0.39, 0.29) is 23.7 Å². The molecule has 1 N–H and O–H groups in total. The Labute approximate surface area is 184 Å². The second-order valence-electron chi connectivity index (χ2n) is 8.44. The third kappa shape index (κ3) is 16.7. The summed E-state index contributed by atoms with van der Waals surface area (Å²) in [5.41, 5.74) is 0. The van der Waals surface area contributed by atoms with Gasteiger partial charge in [-0.1, -0.05) is 52.4 Å². The number of aliphatic carboxylic acids is 1. The molecule has 0 aromatic rings. The highest BCUT2D eigenvalue weighted by molar-refractivity contribution is 7.91. The average molecular weight is 449 g/mol. The molecule has 6 nitrogen and oxygen atoms in total. The summed E-state index contributed by atoms with van der Waals surface area (Å²) in [6.45, 7) is 4.18. The molecular weight excluding hydrogens is 404 g/mol.